The number of fused-ring (bicyclic) bond motifs is 2. The Morgan fingerprint density at radius 1 is 0.969 bits per heavy atom. The van der Waals surface area contributed by atoms with Crippen molar-refractivity contribution in [2.45, 2.75) is 12.3 Å². The van der Waals surface area contributed by atoms with E-state index < -0.39 is 10.7 Å². The molecule has 0 aliphatic carbocycles. The van der Waals surface area contributed by atoms with Crippen LogP contribution in [0.1, 0.15) is 11.3 Å². The highest BCUT2D eigenvalue weighted by atomic mass is 35.5. The first kappa shape index (κ1) is 20.3. The maximum absolute atomic E-state index is 11.4. The number of benzene rings is 2. The van der Waals surface area contributed by atoms with E-state index in [9.17, 15) is 8.42 Å². The standard InChI is InChI=1S/C21H16ClN7O2S/c22-14-6-2-1-5-13(14)18-16(8-23-20-19-21(25-10-24-19)27-11-26-20)29-17-12(9-32(30)31)4-3-7-15(17)28-18/h1-7,10-11,32H,8-9H2,(H2,23,24,25,26,27). The molecule has 5 aromatic rings. The number of hydrogen-bond donors (Lipinski definition) is 3. The van der Waals surface area contributed by atoms with Crippen molar-refractivity contribution in [2.75, 3.05) is 5.32 Å². The Morgan fingerprint density at radius 2 is 1.84 bits per heavy atom. The molecule has 0 spiro atoms. The topological polar surface area (TPSA) is 126 Å². The van der Waals surface area contributed by atoms with E-state index in [1.54, 1.807) is 30.6 Å². The van der Waals surface area contributed by atoms with Crippen molar-refractivity contribution in [1.82, 2.24) is 29.9 Å². The third-order valence-corrected chi connectivity index (χ3v) is 5.85. The zero-order chi connectivity index (χ0) is 22.1. The molecule has 0 saturated carbocycles. The number of aromatic amines is 1. The first-order chi connectivity index (χ1) is 15.6. The number of halogens is 1. The highest BCUT2D eigenvalue weighted by molar-refractivity contribution is 7.71. The van der Waals surface area contributed by atoms with Crippen molar-refractivity contribution in [1.29, 1.82) is 0 Å². The van der Waals surface area contributed by atoms with Gasteiger partial charge in [0.05, 0.1) is 46.1 Å². The van der Waals surface area contributed by atoms with Crippen LogP contribution in [-0.4, -0.2) is 38.3 Å². The fourth-order valence-electron chi connectivity index (χ4n) is 3.49. The van der Waals surface area contributed by atoms with Crippen molar-refractivity contribution in [2.24, 2.45) is 0 Å². The van der Waals surface area contributed by atoms with Gasteiger partial charge in [-0.15, -0.1) is 0 Å². The number of H-pyrrole nitrogens is 1. The summed E-state index contributed by atoms with van der Waals surface area (Å²) < 4.78 is 22.8. The Balaban J connectivity index is 1.64. The molecule has 5 rings (SSSR count). The maximum Gasteiger partial charge on any atom is 0.162 e. The number of aromatic nitrogens is 6. The molecule has 0 saturated heterocycles. The number of rotatable bonds is 6. The number of hydrogen-bond acceptors (Lipinski definition) is 8. The fraction of sp³-hybridized carbons (Fsp3) is 0.0952. The zero-order valence-electron chi connectivity index (χ0n) is 16.5. The summed E-state index contributed by atoms with van der Waals surface area (Å²) in [5.74, 6) is 0.429. The van der Waals surface area contributed by atoms with Crippen LogP contribution in [-0.2, 0) is 23.0 Å². The summed E-state index contributed by atoms with van der Waals surface area (Å²) in [7, 11) is -2.61. The van der Waals surface area contributed by atoms with Crippen LogP contribution in [0.5, 0.6) is 0 Å². The number of imidazole rings is 1. The van der Waals surface area contributed by atoms with Gasteiger partial charge in [-0.1, -0.05) is 41.9 Å². The second-order valence-electron chi connectivity index (χ2n) is 6.95. The molecule has 0 radical (unpaired) electrons. The third-order valence-electron chi connectivity index (χ3n) is 4.92. The highest BCUT2D eigenvalue weighted by Crippen LogP contribution is 2.31. The Morgan fingerprint density at radius 3 is 2.69 bits per heavy atom. The van der Waals surface area contributed by atoms with Gasteiger partial charge in [0.25, 0.3) is 0 Å². The summed E-state index contributed by atoms with van der Waals surface area (Å²) in [4.78, 5) is 25.2. The minimum atomic E-state index is -2.61. The number of anilines is 1. The molecule has 3 heterocycles. The molecule has 0 atom stereocenters. The minimum Gasteiger partial charge on any atom is -0.362 e. The summed E-state index contributed by atoms with van der Waals surface area (Å²) in [5, 5.41) is 3.79. The van der Waals surface area contributed by atoms with Crippen LogP contribution in [0.2, 0.25) is 5.02 Å². The molecular formula is C21H16ClN7O2S. The van der Waals surface area contributed by atoms with Crippen molar-refractivity contribution < 1.29 is 8.42 Å². The molecule has 11 heteroatoms. The number of nitrogens with zero attached hydrogens (tertiary/aromatic N) is 5. The first-order valence-electron chi connectivity index (χ1n) is 9.63. The molecule has 0 aliphatic rings. The Bertz CT molecular complexity index is 1530. The Hall–Kier alpha value is -3.63. The van der Waals surface area contributed by atoms with E-state index in [2.05, 4.69) is 25.3 Å². The first-order valence-corrected chi connectivity index (χ1v) is 11.4. The van der Waals surface area contributed by atoms with Gasteiger partial charge in [-0.2, -0.15) is 0 Å². The quantitative estimate of drug-likeness (QED) is 0.326. The van der Waals surface area contributed by atoms with Crippen LogP contribution in [0.15, 0.2) is 55.1 Å². The molecule has 9 nitrogen and oxygen atoms in total. The van der Waals surface area contributed by atoms with Crippen molar-refractivity contribution in [3.63, 3.8) is 0 Å². The molecule has 160 valence electrons. The zero-order valence-corrected chi connectivity index (χ0v) is 18.1. The molecule has 32 heavy (non-hydrogen) atoms. The number of thiol groups is 1. The van der Waals surface area contributed by atoms with Crippen molar-refractivity contribution in [3.05, 3.63) is 71.4 Å². The molecule has 0 fully saturated rings. The largest absolute Gasteiger partial charge is 0.362 e. The van der Waals surface area contributed by atoms with E-state index in [0.717, 1.165) is 5.56 Å². The summed E-state index contributed by atoms with van der Waals surface area (Å²) >= 11 is 6.46. The molecule has 0 bridgehead atoms. The molecule has 3 aromatic heterocycles. The van der Waals surface area contributed by atoms with Gasteiger partial charge >= 0.3 is 0 Å². The molecular weight excluding hydrogens is 450 g/mol. The summed E-state index contributed by atoms with van der Waals surface area (Å²) in [5.41, 5.74) is 4.86. The molecule has 0 amide bonds. The lowest BCUT2D eigenvalue weighted by atomic mass is 10.1. The van der Waals surface area contributed by atoms with E-state index in [1.807, 2.05) is 18.2 Å². The van der Waals surface area contributed by atoms with Gasteiger partial charge < -0.3 is 10.3 Å². The third kappa shape index (κ3) is 3.85. The summed E-state index contributed by atoms with van der Waals surface area (Å²) in [6, 6.07) is 12.7. The molecule has 0 unspecified atom stereocenters. The smallest absolute Gasteiger partial charge is 0.162 e. The van der Waals surface area contributed by atoms with Gasteiger partial charge in [0.15, 0.2) is 11.5 Å². The lowest BCUT2D eigenvalue weighted by molar-refractivity contribution is 0.614. The van der Waals surface area contributed by atoms with Crippen LogP contribution in [0.4, 0.5) is 5.82 Å². The SMILES string of the molecule is O=[SH](=O)Cc1cccc2nc(-c3ccccc3Cl)c(CNc3ncnc4[nH]cnc34)nc12. The van der Waals surface area contributed by atoms with E-state index in [1.165, 1.54) is 6.33 Å². The second-order valence-corrected chi connectivity index (χ2v) is 8.34. The van der Waals surface area contributed by atoms with Gasteiger partial charge in [0.2, 0.25) is 0 Å². The van der Waals surface area contributed by atoms with Gasteiger partial charge in [-0.05, 0) is 17.7 Å². The predicted octanol–water partition coefficient (Wildman–Crippen LogP) is 3.34. The Labute approximate surface area is 188 Å². The van der Waals surface area contributed by atoms with E-state index >= 15 is 0 Å². The summed E-state index contributed by atoms with van der Waals surface area (Å²) in [6.07, 6.45) is 2.98. The predicted molar refractivity (Wildman–Crippen MR) is 123 cm³/mol. The second kappa shape index (κ2) is 8.48. The average molecular weight is 466 g/mol. The van der Waals surface area contributed by atoms with Gasteiger partial charge in [-0.25, -0.2) is 33.3 Å². The average Bonchev–Trinajstić information content (AvgIpc) is 3.27. The lowest BCUT2D eigenvalue weighted by Crippen LogP contribution is -2.08. The highest BCUT2D eigenvalue weighted by Gasteiger charge is 2.16. The van der Waals surface area contributed by atoms with Crippen LogP contribution in [0.3, 0.4) is 0 Å². The number of nitrogens with one attached hydrogen (secondary N) is 2. The normalized spacial score (nSPS) is 11.4. The van der Waals surface area contributed by atoms with E-state index in [0.29, 0.717) is 50.0 Å². The van der Waals surface area contributed by atoms with Crippen LogP contribution in [0, 0.1) is 0 Å². The minimum absolute atomic E-state index is 0.112. The maximum atomic E-state index is 11.4. The van der Waals surface area contributed by atoms with Crippen LogP contribution in [0.25, 0.3) is 33.5 Å². The van der Waals surface area contributed by atoms with Crippen molar-refractivity contribution in [3.8, 4) is 11.3 Å². The lowest BCUT2D eigenvalue weighted by Gasteiger charge is -2.14. The molecule has 2 N–H and O–H groups in total. The summed E-state index contributed by atoms with van der Waals surface area (Å²) in [6.45, 7) is 0.264. The van der Waals surface area contributed by atoms with E-state index in [-0.39, 0.29) is 12.3 Å². The van der Waals surface area contributed by atoms with Crippen LogP contribution < -0.4 is 5.32 Å². The number of para-hydroxylation sites is 1. The van der Waals surface area contributed by atoms with Crippen LogP contribution >= 0.6 is 11.6 Å². The van der Waals surface area contributed by atoms with Gasteiger partial charge in [-0.3, -0.25) is 0 Å². The molecule has 2 aromatic carbocycles. The van der Waals surface area contributed by atoms with Gasteiger partial charge in [0, 0.05) is 5.56 Å². The van der Waals surface area contributed by atoms with Gasteiger partial charge in [0.1, 0.15) is 22.5 Å². The van der Waals surface area contributed by atoms with E-state index in [4.69, 9.17) is 21.6 Å². The molecule has 0 aliphatic heterocycles. The Kier molecular flexibility index (Phi) is 5.38. The fourth-order valence-corrected chi connectivity index (χ4v) is 4.25. The van der Waals surface area contributed by atoms with Crippen molar-refractivity contribution >= 4 is 50.3 Å². The monoisotopic (exact) mass is 465 g/mol.